The minimum absolute atomic E-state index is 0.0506. The Hall–Kier alpha value is -2.37. The third-order valence-corrected chi connectivity index (χ3v) is 5.49. The van der Waals surface area contributed by atoms with Gasteiger partial charge in [0.25, 0.3) is 0 Å². The van der Waals surface area contributed by atoms with Gasteiger partial charge in [-0.05, 0) is 44.3 Å². The average Bonchev–Trinajstić information content (AvgIpc) is 3.51. The summed E-state index contributed by atoms with van der Waals surface area (Å²) in [5, 5.41) is 0. The summed E-state index contributed by atoms with van der Waals surface area (Å²) in [6.07, 6.45) is 13.1. The summed E-state index contributed by atoms with van der Waals surface area (Å²) < 4.78 is 16.7. The van der Waals surface area contributed by atoms with Crippen LogP contribution in [0.4, 0.5) is 0 Å². The SMILES string of the molecule is C=CCCCC(=O)O[C@@H](CC=C)[C@@H]1C[C@@H]1[C@@H](/C=C/[C@@H](CCCCC)OC(C)=O)OC(C)=O. The number of carbonyl (C=O) groups is 3. The number of allylic oxidation sites excluding steroid dienone is 1. The van der Waals surface area contributed by atoms with Crippen molar-refractivity contribution in [1.82, 2.24) is 0 Å². The summed E-state index contributed by atoms with van der Waals surface area (Å²) in [4.78, 5) is 35.4. The molecule has 0 aromatic carbocycles. The van der Waals surface area contributed by atoms with E-state index in [4.69, 9.17) is 14.2 Å². The maximum absolute atomic E-state index is 12.2. The maximum Gasteiger partial charge on any atom is 0.306 e. The van der Waals surface area contributed by atoms with Crippen LogP contribution in [0.2, 0.25) is 0 Å². The molecule has 1 aliphatic rings. The Kier molecular flexibility index (Phi) is 13.3. The quantitative estimate of drug-likeness (QED) is 0.127. The zero-order chi connectivity index (χ0) is 23.9. The van der Waals surface area contributed by atoms with E-state index in [0.29, 0.717) is 19.3 Å². The fourth-order valence-electron chi connectivity index (χ4n) is 3.83. The van der Waals surface area contributed by atoms with Gasteiger partial charge in [-0.1, -0.05) is 31.9 Å². The number of hydrogen-bond donors (Lipinski definition) is 0. The van der Waals surface area contributed by atoms with E-state index in [0.717, 1.165) is 38.5 Å². The van der Waals surface area contributed by atoms with E-state index in [2.05, 4.69) is 20.1 Å². The molecule has 1 rings (SSSR count). The van der Waals surface area contributed by atoms with E-state index in [-0.39, 0.29) is 42.0 Å². The van der Waals surface area contributed by atoms with Gasteiger partial charge in [0.2, 0.25) is 0 Å². The smallest absolute Gasteiger partial charge is 0.306 e. The van der Waals surface area contributed by atoms with Gasteiger partial charge in [0.05, 0.1) is 0 Å². The zero-order valence-corrected chi connectivity index (χ0v) is 19.9. The molecule has 6 nitrogen and oxygen atoms in total. The molecule has 0 aromatic rings. The highest BCUT2D eigenvalue weighted by Gasteiger charge is 2.49. The Bertz CT molecular complexity index is 653. The van der Waals surface area contributed by atoms with Crippen LogP contribution in [0.3, 0.4) is 0 Å². The molecule has 5 atom stereocenters. The van der Waals surface area contributed by atoms with Crippen LogP contribution in [0.5, 0.6) is 0 Å². The first-order valence-electron chi connectivity index (χ1n) is 11.8. The summed E-state index contributed by atoms with van der Waals surface area (Å²) in [7, 11) is 0. The van der Waals surface area contributed by atoms with E-state index in [9.17, 15) is 14.4 Å². The van der Waals surface area contributed by atoms with Crippen molar-refractivity contribution in [3.8, 4) is 0 Å². The number of rotatable bonds is 17. The Morgan fingerprint density at radius 3 is 2.25 bits per heavy atom. The third kappa shape index (κ3) is 11.3. The summed E-state index contributed by atoms with van der Waals surface area (Å²) in [5.41, 5.74) is 0. The predicted octanol–water partition coefficient (Wildman–Crippen LogP) is 5.47. The minimum Gasteiger partial charge on any atom is -0.462 e. The second-order valence-electron chi connectivity index (χ2n) is 8.40. The van der Waals surface area contributed by atoms with E-state index >= 15 is 0 Å². The van der Waals surface area contributed by atoms with Gasteiger partial charge in [0.15, 0.2) is 0 Å². The molecule has 0 spiro atoms. The highest BCUT2D eigenvalue weighted by molar-refractivity contribution is 5.69. The monoisotopic (exact) mass is 448 g/mol. The van der Waals surface area contributed by atoms with Crippen LogP contribution in [0.1, 0.15) is 78.6 Å². The summed E-state index contributed by atoms with van der Waals surface area (Å²) in [6, 6.07) is 0. The summed E-state index contributed by atoms with van der Waals surface area (Å²) in [5.74, 6) is -0.789. The molecule has 0 aromatic heterocycles. The van der Waals surface area contributed by atoms with Crippen molar-refractivity contribution in [2.45, 2.75) is 96.9 Å². The average molecular weight is 449 g/mol. The standard InChI is InChI=1S/C26H40O6/c1-6-9-11-14-21(30-19(4)27)16-17-25(31-20(5)28)23-18-22(23)24(13-8-3)32-26(29)15-12-10-7-2/h7-8,16-17,21-25H,2-3,6,9-15,18H2,1,4-5H3/b17-16+/t21-,22-,23+,24+,25-/m1/s1. The normalized spacial score (nSPS) is 20.1. The van der Waals surface area contributed by atoms with Gasteiger partial charge in [-0.3, -0.25) is 14.4 Å². The van der Waals surface area contributed by atoms with Gasteiger partial charge in [-0.25, -0.2) is 0 Å². The molecular weight excluding hydrogens is 408 g/mol. The molecule has 0 N–H and O–H groups in total. The van der Waals surface area contributed by atoms with Gasteiger partial charge in [-0.15, -0.1) is 13.2 Å². The zero-order valence-electron chi connectivity index (χ0n) is 19.9. The van der Waals surface area contributed by atoms with Crippen LogP contribution in [0, 0.1) is 11.8 Å². The second-order valence-corrected chi connectivity index (χ2v) is 8.40. The van der Waals surface area contributed by atoms with E-state index in [1.165, 1.54) is 13.8 Å². The Balaban J connectivity index is 2.80. The summed E-state index contributed by atoms with van der Waals surface area (Å²) >= 11 is 0. The first-order valence-corrected chi connectivity index (χ1v) is 11.8. The molecule has 0 radical (unpaired) electrons. The van der Waals surface area contributed by atoms with E-state index in [1.54, 1.807) is 12.2 Å². The lowest BCUT2D eigenvalue weighted by molar-refractivity contribution is -0.152. The van der Waals surface area contributed by atoms with Crippen LogP contribution < -0.4 is 0 Å². The molecule has 1 aliphatic carbocycles. The van der Waals surface area contributed by atoms with Crippen molar-refractivity contribution >= 4 is 17.9 Å². The van der Waals surface area contributed by atoms with Gasteiger partial charge in [0, 0.05) is 38.5 Å². The predicted molar refractivity (Wildman–Crippen MR) is 125 cm³/mol. The number of esters is 3. The van der Waals surface area contributed by atoms with Crippen molar-refractivity contribution in [3.63, 3.8) is 0 Å². The largest absolute Gasteiger partial charge is 0.462 e. The Morgan fingerprint density at radius 1 is 0.938 bits per heavy atom. The van der Waals surface area contributed by atoms with Gasteiger partial charge in [-0.2, -0.15) is 0 Å². The van der Waals surface area contributed by atoms with Gasteiger partial charge < -0.3 is 14.2 Å². The lowest BCUT2D eigenvalue weighted by Gasteiger charge is -2.20. The lowest BCUT2D eigenvalue weighted by Crippen LogP contribution is -2.25. The topological polar surface area (TPSA) is 78.9 Å². The van der Waals surface area contributed by atoms with Crippen molar-refractivity contribution in [3.05, 3.63) is 37.5 Å². The highest BCUT2D eigenvalue weighted by Crippen LogP contribution is 2.47. The summed E-state index contributed by atoms with van der Waals surface area (Å²) in [6.45, 7) is 12.3. The van der Waals surface area contributed by atoms with Crippen LogP contribution in [-0.4, -0.2) is 36.2 Å². The molecule has 32 heavy (non-hydrogen) atoms. The van der Waals surface area contributed by atoms with Crippen molar-refractivity contribution in [2.75, 3.05) is 0 Å². The van der Waals surface area contributed by atoms with E-state index < -0.39 is 6.10 Å². The van der Waals surface area contributed by atoms with Crippen molar-refractivity contribution in [1.29, 1.82) is 0 Å². The lowest BCUT2D eigenvalue weighted by atomic mass is 10.0. The number of carbonyl (C=O) groups excluding carboxylic acids is 3. The molecule has 0 saturated heterocycles. The van der Waals surface area contributed by atoms with Crippen LogP contribution >= 0.6 is 0 Å². The first kappa shape index (κ1) is 27.7. The fraction of sp³-hybridized carbons (Fsp3) is 0.654. The van der Waals surface area contributed by atoms with E-state index in [1.807, 2.05) is 12.2 Å². The molecule has 0 amide bonds. The molecule has 0 aliphatic heterocycles. The number of ether oxygens (including phenoxy) is 3. The van der Waals surface area contributed by atoms with Gasteiger partial charge in [0.1, 0.15) is 18.3 Å². The number of hydrogen-bond acceptors (Lipinski definition) is 6. The Morgan fingerprint density at radius 2 is 1.66 bits per heavy atom. The molecule has 180 valence electrons. The van der Waals surface area contributed by atoms with Gasteiger partial charge >= 0.3 is 17.9 Å². The van der Waals surface area contributed by atoms with Crippen LogP contribution in [0.25, 0.3) is 0 Å². The molecule has 0 unspecified atom stereocenters. The first-order chi connectivity index (χ1) is 15.3. The molecule has 1 fully saturated rings. The second kappa shape index (κ2) is 15.4. The van der Waals surface area contributed by atoms with Crippen LogP contribution in [0.15, 0.2) is 37.5 Å². The Labute approximate surface area is 193 Å². The van der Waals surface area contributed by atoms with Crippen molar-refractivity contribution < 1.29 is 28.6 Å². The van der Waals surface area contributed by atoms with Crippen LogP contribution in [-0.2, 0) is 28.6 Å². The maximum atomic E-state index is 12.2. The molecule has 1 saturated carbocycles. The minimum atomic E-state index is -0.450. The molecule has 0 heterocycles. The van der Waals surface area contributed by atoms with Crippen molar-refractivity contribution in [2.24, 2.45) is 11.8 Å². The highest BCUT2D eigenvalue weighted by atomic mass is 16.6. The molecule has 6 heteroatoms. The fourth-order valence-corrected chi connectivity index (χ4v) is 3.83. The molecule has 0 bridgehead atoms. The molecular formula is C26H40O6. The third-order valence-electron chi connectivity index (χ3n) is 5.49. The number of unbranched alkanes of at least 4 members (excludes halogenated alkanes) is 3.